The summed E-state index contributed by atoms with van der Waals surface area (Å²) < 4.78 is 19.8. The fraction of sp³-hybridized carbons (Fsp3) is 0.111. The first kappa shape index (κ1) is 16.4. The van der Waals surface area contributed by atoms with Crippen LogP contribution in [0.25, 0.3) is 6.08 Å². The van der Waals surface area contributed by atoms with Crippen LogP contribution in [-0.4, -0.2) is 26.0 Å². The molecule has 1 heterocycles. The molecule has 0 N–H and O–H groups in total. The monoisotopic (exact) mass is 388 g/mol. The average Bonchev–Trinajstić information content (AvgIpc) is 2.88. The Morgan fingerprint density at radius 1 is 1.21 bits per heavy atom. The van der Waals surface area contributed by atoms with Gasteiger partial charge in [0.2, 0.25) is 5.90 Å². The number of anilines is 1. The summed E-state index contributed by atoms with van der Waals surface area (Å²) in [5, 5.41) is 0. The lowest BCUT2D eigenvalue weighted by Crippen LogP contribution is -2.09. The summed E-state index contributed by atoms with van der Waals surface area (Å²) >= 11 is 3.50. The van der Waals surface area contributed by atoms with Gasteiger partial charge in [0, 0.05) is 18.6 Å². The number of nitrogens with zero attached hydrogens (tertiary/aromatic N) is 2. The third kappa shape index (κ3) is 3.23. The number of hydrogen-bond acceptors (Lipinski definition) is 4. The maximum atomic E-state index is 13.8. The molecule has 0 amide bonds. The standard InChI is InChI=1S/C18H14BrFN2O2/c1-22(2)16-8-7-11(9-13(16)19)10-15-18(23)24-17(21-15)12-5-3-4-6-14(12)20/h3-10H,1-2H3/b15-10+. The zero-order valence-electron chi connectivity index (χ0n) is 13.1. The van der Waals surface area contributed by atoms with Crippen molar-refractivity contribution in [3.63, 3.8) is 0 Å². The van der Waals surface area contributed by atoms with E-state index in [4.69, 9.17) is 4.74 Å². The van der Waals surface area contributed by atoms with Crippen LogP contribution in [0.15, 0.2) is 57.6 Å². The van der Waals surface area contributed by atoms with Gasteiger partial charge < -0.3 is 9.64 Å². The minimum atomic E-state index is -0.596. The smallest absolute Gasteiger partial charge is 0.363 e. The molecule has 0 spiro atoms. The third-order valence-corrected chi connectivity index (χ3v) is 4.12. The number of benzene rings is 2. The lowest BCUT2D eigenvalue weighted by Gasteiger charge is -2.14. The average molecular weight is 389 g/mol. The highest BCUT2D eigenvalue weighted by atomic mass is 79.9. The van der Waals surface area contributed by atoms with Gasteiger partial charge >= 0.3 is 5.97 Å². The molecule has 0 aliphatic carbocycles. The zero-order chi connectivity index (χ0) is 17.3. The quantitative estimate of drug-likeness (QED) is 0.589. The van der Waals surface area contributed by atoms with E-state index in [1.165, 1.54) is 12.1 Å². The molecule has 0 fully saturated rings. The molecule has 0 saturated heterocycles. The van der Waals surface area contributed by atoms with E-state index in [1.54, 1.807) is 18.2 Å². The van der Waals surface area contributed by atoms with E-state index in [9.17, 15) is 9.18 Å². The highest BCUT2D eigenvalue weighted by Crippen LogP contribution is 2.28. The number of rotatable bonds is 3. The normalized spacial score (nSPS) is 15.4. The topological polar surface area (TPSA) is 41.9 Å². The Morgan fingerprint density at radius 2 is 1.96 bits per heavy atom. The van der Waals surface area contributed by atoms with Gasteiger partial charge in [-0.2, -0.15) is 0 Å². The number of carbonyl (C=O) groups is 1. The highest BCUT2D eigenvalue weighted by molar-refractivity contribution is 9.10. The second kappa shape index (κ2) is 6.57. The molecule has 122 valence electrons. The lowest BCUT2D eigenvalue weighted by molar-refractivity contribution is -0.129. The maximum Gasteiger partial charge on any atom is 0.363 e. The third-order valence-electron chi connectivity index (χ3n) is 3.48. The molecule has 1 aliphatic rings. The maximum absolute atomic E-state index is 13.8. The molecular weight excluding hydrogens is 375 g/mol. The number of ether oxygens (including phenoxy) is 1. The van der Waals surface area contributed by atoms with Crippen molar-refractivity contribution < 1.29 is 13.9 Å². The van der Waals surface area contributed by atoms with Crippen molar-refractivity contribution in [3.8, 4) is 0 Å². The highest BCUT2D eigenvalue weighted by Gasteiger charge is 2.25. The minimum absolute atomic E-state index is 0.0201. The first-order valence-electron chi connectivity index (χ1n) is 7.20. The first-order chi connectivity index (χ1) is 11.5. The van der Waals surface area contributed by atoms with Crippen molar-refractivity contribution in [3.05, 3.63) is 69.6 Å². The summed E-state index contributed by atoms with van der Waals surface area (Å²) in [6.45, 7) is 0. The number of aliphatic imine (C=N–C) groups is 1. The van der Waals surface area contributed by atoms with Crippen LogP contribution < -0.4 is 4.90 Å². The van der Waals surface area contributed by atoms with Crippen LogP contribution in [-0.2, 0) is 9.53 Å². The molecule has 6 heteroatoms. The molecule has 1 aliphatic heterocycles. The van der Waals surface area contributed by atoms with Crippen LogP contribution in [0.2, 0.25) is 0 Å². The molecule has 3 rings (SSSR count). The molecule has 0 saturated carbocycles. The van der Waals surface area contributed by atoms with Crippen LogP contribution in [0.3, 0.4) is 0 Å². The van der Waals surface area contributed by atoms with E-state index in [2.05, 4.69) is 20.9 Å². The van der Waals surface area contributed by atoms with Crippen molar-refractivity contribution in [2.75, 3.05) is 19.0 Å². The van der Waals surface area contributed by atoms with Gasteiger partial charge in [-0.3, -0.25) is 0 Å². The van der Waals surface area contributed by atoms with Gasteiger partial charge in [0.05, 0.1) is 11.3 Å². The number of carbonyl (C=O) groups excluding carboxylic acids is 1. The molecule has 2 aromatic rings. The molecule has 0 atom stereocenters. The summed E-state index contributed by atoms with van der Waals surface area (Å²) in [4.78, 5) is 18.1. The SMILES string of the molecule is CN(C)c1ccc(/C=C2/N=C(c3ccccc3F)OC2=O)cc1Br. The molecule has 4 nitrogen and oxygen atoms in total. The fourth-order valence-electron chi connectivity index (χ4n) is 2.29. The summed E-state index contributed by atoms with van der Waals surface area (Å²) in [6.07, 6.45) is 1.61. The summed E-state index contributed by atoms with van der Waals surface area (Å²) in [7, 11) is 3.88. The Bertz CT molecular complexity index is 875. The molecular formula is C18H14BrFN2O2. The molecule has 0 radical (unpaired) electrons. The largest absolute Gasteiger partial charge is 0.402 e. The Balaban J connectivity index is 1.95. The van der Waals surface area contributed by atoms with E-state index < -0.39 is 11.8 Å². The molecule has 0 unspecified atom stereocenters. The summed E-state index contributed by atoms with van der Waals surface area (Å²) in [5.74, 6) is -1.10. The molecule has 2 aromatic carbocycles. The van der Waals surface area contributed by atoms with Crippen LogP contribution in [0.4, 0.5) is 10.1 Å². The Hall–Kier alpha value is -2.47. The van der Waals surface area contributed by atoms with Gasteiger partial charge in [-0.1, -0.05) is 18.2 Å². The predicted molar refractivity (Wildman–Crippen MR) is 95.5 cm³/mol. The molecule has 24 heavy (non-hydrogen) atoms. The van der Waals surface area contributed by atoms with E-state index >= 15 is 0 Å². The Morgan fingerprint density at radius 3 is 2.62 bits per heavy atom. The second-order valence-electron chi connectivity index (χ2n) is 5.42. The predicted octanol–water partition coefficient (Wildman–Crippen LogP) is 4.00. The van der Waals surface area contributed by atoms with E-state index in [0.29, 0.717) is 0 Å². The number of halogens is 2. The fourth-order valence-corrected chi connectivity index (χ4v) is 3.04. The van der Waals surface area contributed by atoms with Gasteiger partial charge in [-0.05, 0) is 51.8 Å². The van der Waals surface area contributed by atoms with Gasteiger partial charge in [-0.25, -0.2) is 14.2 Å². The van der Waals surface area contributed by atoms with Crippen LogP contribution in [0.1, 0.15) is 11.1 Å². The van der Waals surface area contributed by atoms with E-state index in [0.717, 1.165) is 15.7 Å². The minimum Gasteiger partial charge on any atom is -0.402 e. The number of cyclic esters (lactones) is 1. The van der Waals surface area contributed by atoms with Crippen molar-refractivity contribution in [1.82, 2.24) is 0 Å². The van der Waals surface area contributed by atoms with E-state index in [1.807, 2.05) is 37.2 Å². The number of esters is 1. The van der Waals surface area contributed by atoms with Gasteiger partial charge in [-0.15, -0.1) is 0 Å². The van der Waals surface area contributed by atoms with Crippen LogP contribution >= 0.6 is 15.9 Å². The van der Waals surface area contributed by atoms with Gasteiger partial charge in [0.25, 0.3) is 0 Å². The second-order valence-corrected chi connectivity index (χ2v) is 6.28. The first-order valence-corrected chi connectivity index (χ1v) is 7.99. The zero-order valence-corrected chi connectivity index (χ0v) is 14.7. The summed E-state index contributed by atoms with van der Waals surface area (Å²) in [6, 6.07) is 11.7. The van der Waals surface area contributed by atoms with Gasteiger partial charge in [0.15, 0.2) is 5.70 Å². The van der Waals surface area contributed by atoms with Crippen molar-refractivity contribution in [1.29, 1.82) is 0 Å². The van der Waals surface area contributed by atoms with Crippen LogP contribution in [0, 0.1) is 5.82 Å². The van der Waals surface area contributed by atoms with Crippen LogP contribution in [0.5, 0.6) is 0 Å². The Kier molecular flexibility index (Phi) is 4.49. The van der Waals surface area contributed by atoms with Gasteiger partial charge in [0.1, 0.15) is 5.82 Å². The Labute approximate surface area is 147 Å². The number of hydrogen-bond donors (Lipinski definition) is 0. The molecule has 0 bridgehead atoms. The van der Waals surface area contributed by atoms with E-state index in [-0.39, 0.29) is 17.2 Å². The van der Waals surface area contributed by atoms with Crippen molar-refractivity contribution in [2.45, 2.75) is 0 Å². The summed E-state index contributed by atoms with van der Waals surface area (Å²) in [5.41, 5.74) is 2.11. The van der Waals surface area contributed by atoms with Crippen molar-refractivity contribution >= 4 is 39.6 Å². The van der Waals surface area contributed by atoms with Crippen molar-refractivity contribution in [2.24, 2.45) is 4.99 Å². The lowest BCUT2D eigenvalue weighted by atomic mass is 10.1. The molecule has 0 aromatic heterocycles.